The largest absolute Gasteiger partial charge is 0.497 e. The molecule has 0 saturated heterocycles. The van der Waals surface area contributed by atoms with Crippen LogP contribution in [0.2, 0.25) is 0 Å². The Hall–Kier alpha value is -2.61. The molecular formula is C17H16BrN3O4. The van der Waals surface area contributed by atoms with Crippen molar-refractivity contribution in [2.45, 2.75) is 19.5 Å². The van der Waals surface area contributed by atoms with Crippen molar-refractivity contribution in [1.29, 1.82) is 0 Å². The SMILES string of the molecule is COc1ccc(Cn2ncc3c(c(Br)cn3C(C)C(=O)O)c2=O)cc1. The summed E-state index contributed by atoms with van der Waals surface area (Å²) >= 11 is 3.35. The number of aliphatic carboxylic acids is 1. The maximum Gasteiger partial charge on any atom is 0.326 e. The molecule has 3 rings (SSSR count). The Morgan fingerprint density at radius 3 is 2.64 bits per heavy atom. The lowest BCUT2D eigenvalue weighted by Gasteiger charge is -2.10. The minimum atomic E-state index is -0.980. The van der Waals surface area contributed by atoms with Gasteiger partial charge in [-0.15, -0.1) is 0 Å². The molecule has 2 heterocycles. The number of aromatic nitrogens is 3. The van der Waals surface area contributed by atoms with Crippen LogP contribution >= 0.6 is 15.9 Å². The molecule has 0 bridgehead atoms. The highest BCUT2D eigenvalue weighted by Crippen LogP contribution is 2.26. The molecule has 2 aromatic heterocycles. The lowest BCUT2D eigenvalue weighted by atomic mass is 10.2. The fourth-order valence-electron chi connectivity index (χ4n) is 2.61. The minimum Gasteiger partial charge on any atom is -0.497 e. The van der Waals surface area contributed by atoms with Crippen LogP contribution in [0.25, 0.3) is 10.9 Å². The number of halogens is 1. The molecule has 0 aliphatic rings. The Balaban J connectivity index is 2.04. The number of hydrogen-bond acceptors (Lipinski definition) is 4. The van der Waals surface area contributed by atoms with E-state index in [1.165, 1.54) is 15.4 Å². The number of ether oxygens (including phenoxy) is 1. The predicted molar refractivity (Wildman–Crippen MR) is 96.1 cm³/mol. The number of carbonyl (C=O) groups is 1. The molecule has 3 aromatic rings. The Morgan fingerprint density at radius 2 is 2.04 bits per heavy atom. The van der Waals surface area contributed by atoms with Crippen molar-refractivity contribution in [3.05, 3.63) is 57.0 Å². The van der Waals surface area contributed by atoms with Gasteiger partial charge in [0.2, 0.25) is 0 Å². The number of hydrogen-bond donors (Lipinski definition) is 1. The number of fused-ring (bicyclic) bond motifs is 1. The highest BCUT2D eigenvalue weighted by Gasteiger charge is 2.20. The number of methoxy groups -OCH3 is 1. The van der Waals surface area contributed by atoms with E-state index in [1.807, 2.05) is 24.3 Å². The van der Waals surface area contributed by atoms with E-state index in [0.717, 1.165) is 11.3 Å². The third-order valence-electron chi connectivity index (χ3n) is 4.06. The third kappa shape index (κ3) is 3.17. The molecule has 1 aromatic carbocycles. The smallest absolute Gasteiger partial charge is 0.326 e. The zero-order chi connectivity index (χ0) is 18.1. The molecule has 1 N–H and O–H groups in total. The zero-order valence-corrected chi connectivity index (χ0v) is 15.2. The topological polar surface area (TPSA) is 86.3 Å². The van der Waals surface area contributed by atoms with Crippen LogP contribution in [0, 0.1) is 0 Å². The average molecular weight is 406 g/mol. The van der Waals surface area contributed by atoms with Gasteiger partial charge < -0.3 is 14.4 Å². The number of nitrogens with zero attached hydrogens (tertiary/aromatic N) is 3. The Kier molecular flexibility index (Phi) is 4.63. The van der Waals surface area contributed by atoms with Gasteiger partial charge in [0.1, 0.15) is 11.8 Å². The summed E-state index contributed by atoms with van der Waals surface area (Å²) in [6.45, 7) is 1.86. The summed E-state index contributed by atoms with van der Waals surface area (Å²) in [6.07, 6.45) is 3.12. The fraction of sp³-hybridized carbons (Fsp3) is 0.235. The second kappa shape index (κ2) is 6.72. The molecule has 130 valence electrons. The summed E-state index contributed by atoms with van der Waals surface area (Å²) in [5.74, 6) is -0.242. The fourth-order valence-corrected chi connectivity index (χ4v) is 3.21. The molecule has 0 aliphatic heterocycles. The molecule has 1 atom stereocenters. The molecule has 7 nitrogen and oxygen atoms in total. The summed E-state index contributed by atoms with van der Waals surface area (Å²) < 4.78 is 8.54. The van der Waals surface area contributed by atoms with E-state index in [0.29, 0.717) is 21.9 Å². The monoisotopic (exact) mass is 405 g/mol. The van der Waals surface area contributed by atoms with Crippen LogP contribution in [-0.2, 0) is 11.3 Å². The van der Waals surface area contributed by atoms with Crippen LogP contribution in [0.3, 0.4) is 0 Å². The Labute approximate surface area is 151 Å². The van der Waals surface area contributed by atoms with Gasteiger partial charge in [0.25, 0.3) is 5.56 Å². The number of rotatable bonds is 5. The van der Waals surface area contributed by atoms with E-state index >= 15 is 0 Å². The maximum atomic E-state index is 12.8. The van der Waals surface area contributed by atoms with Crippen molar-refractivity contribution in [3.63, 3.8) is 0 Å². The van der Waals surface area contributed by atoms with Crippen molar-refractivity contribution in [2.24, 2.45) is 0 Å². The lowest BCUT2D eigenvalue weighted by molar-refractivity contribution is -0.140. The zero-order valence-electron chi connectivity index (χ0n) is 13.6. The highest BCUT2D eigenvalue weighted by molar-refractivity contribution is 9.10. The quantitative estimate of drug-likeness (QED) is 0.704. The molecule has 0 radical (unpaired) electrons. The van der Waals surface area contributed by atoms with Gasteiger partial charge in [0.05, 0.1) is 30.8 Å². The van der Waals surface area contributed by atoms with E-state index in [-0.39, 0.29) is 5.56 Å². The third-order valence-corrected chi connectivity index (χ3v) is 4.66. The lowest BCUT2D eigenvalue weighted by Crippen LogP contribution is -2.24. The van der Waals surface area contributed by atoms with Gasteiger partial charge in [0.15, 0.2) is 0 Å². The molecule has 25 heavy (non-hydrogen) atoms. The Bertz CT molecular complexity index is 992. The van der Waals surface area contributed by atoms with Crippen LogP contribution in [0.5, 0.6) is 5.75 Å². The van der Waals surface area contributed by atoms with Crippen molar-refractivity contribution in [1.82, 2.24) is 14.3 Å². The number of carboxylic acid groups (broad SMARTS) is 1. The first kappa shape index (κ1) is 17.2. The molecule has 8 heteroatoms. The van der Waals surface area contributed by atoms with Crippen LogP contribution < -0.4 is 10.3 Å². The molecule has 1 unspecified atom stereocenters. The second-order valence-electron chi connectivity index (χ2n) is 5.61. The van der Waals surface area contributed by atoms with Gasteiger partial charge in [-0.25, -0.2) is 9.48 Å². The van der Waals surface area contributed by atoms with E-state index in [4.69, 9.17) is 4.74 Å². The van der Waals surface area contributed by atoms with E-state index in [1.54, 1.807) is 20.2 Å². The average Bonchev–Trinajstić information content (AvgIpc) is 2.94. The summed E-state index contributed by atoms with van der Waals surface area (Å²) in [7, 11) is 1.59. The molecule has 0 saturated carbocycles. The van der Waals surface area contributed by atoms with Crippen molar-refractivity contribution in [3.8, 4) is 5.75 Å². The van der Waals surface area contributed by atoms with Crippen molar-refractivity contribution < 1.29 is 14.6 Å². The van der Waals surface area contributed by atoms with E-state index < -0.39 is 12.0 Å². The van der Waals surface area contributed by atoms with Gasteiger partial charge in [0, 0.05) is 10.7 Å². The summed E-state index contributed by atoms with van der Waals surface area (Å²) in [4.78, 5) is 24.0. The molecule has 0 spiro atoms. The number of carboxylic acids is 1. The van der Waals surface area contributed by atoms with Crippen LogP contribution in [-0.4, -0.2) is 32.5 Å². The first-order valence-corrected chi connectivity index (χ1v) is 8.33. The Morgan fingerprint density at radius 1 is 1.36 bits per heavy atom. The van der Waals surface area contributed by atoms with Gasteiger partial charge in [-0.05, 0) is 40.5 Å². The molecule has 0 amide bonds. The molecule has 0 fully saturated rings. The standard InChI is InChI=1S/C17H16BrN3O4/c1-10(17(23)24)20-9-13(18)15-14(20)7-19-21(16(15)22)8-11-3-5-12(25-2)6-4-11/h3-7,9-10H,8H2,1-2H3,(H,23,24). The summed E-state index contributed by atoms with van der Waals surface area (Å²) in [5, 5.41) is 13.8. The van der Waals surface area contributed by atoms with Gasteiger partial charge in [-0.2, -0.15) is 5.10 Å². The predicted octanol–water partition coefficient (Wildman–Crippen LogP) is 2.66. The number of benzene rings is 1. The van der Waals surface area contributed by atoms with Crippen molar-refractivity contribution >= 4 is 32.8 Å². The van der Waals surface area contributed by atoms with Crippen molar-refractivity contribution in [2.75, 3.05) is 7.11 Å². The van der Waals surface area contributed by atoms with Gasteiger partial charge in [-0.3, -0.25) is 4.79 Å². The molecule has 0 aliphatic carbocycles. The first-order valence-electron chi connectivity index (χ1n) is 7.54. The minimum absolute atomic E-state index is 0.281. The van der Waals surface area contributed by atoms with E-state index in [2.05, 4.69) is 21.0 Å². The highest BCUT2D eigenvalue weighted by atomic mass is 79.9. The first-order chi connectivity index (χ1) is 11.9. The van der Waals surface area contributed by atoms with Gasteiger partial charge in [-0.1, -0.05) is 12.1 Å². The van der Waals surface area contributed by atoms with Crippen LogP contribution in [0.4, 0.5) is 0 Å². The van der Waals surface area contributed by atoms with E-state index in [9.17, 15) is 14.7 Å². The summed E-state index contributed by atoms with van der Waals surface area (Å²) in [6, 6.07) is 6.57. The normalized spacial score (nSPS) is 12.3. The maximum absolute atomic E-state index is 12.8. The second-order valence-corrected chi connectivity index (χ2v) is 6.47. The van der Waals surface area contributed by atoms with Gasteiger partial charge >= 0.3 is 5.97 Å². The van der Waals surface area contributed by atoms with Crippen LogP contribution in [0.15, 0.2) is 45.9 Å². The van der Waals surface area contributed by atoms with Crippen LogP contribution in [0.1, 0.15) is 18.5 Å². The summed E-state index contributed by atoms with van der Waals surface area (Å²) in [5.41, 5.74) is 1.11. The molecular weight excluding hydrogens is 390 g/mol.